The Hall–Kier alpha value is -0.830. The van der Waals surface area contributed by atoms with Crippen LogP contribution in [0.25, 0.3) is 0 Å². The van der Waals surface area contributed by atoms with E-state index < -0.39 is 0 Å². The van der Waals surface area contributed by atoms with Crippen LogP contribution < -0.4 is 0 Å². The molecule has 0 aliphatic carbocycles. The largest absolute Gasteiger partial charge is 0.374 e. The van der Waals surface area contributed by atoms with Crippen LogP contribution in [0, 0.1) is 0 Å². The summed E-state index contributed by atoms with van der Waals surface area (Å²) in [5.41, 5.74) is 0. The average Bonchev–Trinajstić information content (AvgIpc) is 3.00. The summed E-state index contributed by atoms with van der Waals surface area (Å²) in [5, 5.41) is 9.67. The molecule has 1 unspecified atom stereocenters. The number of aliphatic hydroxyl groups is 1. The molecule has 0 aromatic carbocycles. The third-order valence-corrected chi connectivity index (χ3v) is 4.67. The third kappa shape index (κ3) is 9.80. The predicted octanol–water partition coefficient (Wildman–Crippen LogP) is 5.30. The molecule has 0 saturated heterocycles. The van der Waals surface area contributed by atoms with Crippen LogP contribution in [0.2, 0.25) is 0 Å². The van der Waals surface area contributed by atoms with Gasteiger partial charge < -0.3 is 10.0 Å². The van der Waals surface area contributed by atoms with Gasteiger partial charge in [-0.2, -0.15) is 0 Å². The first-order valence-corrected chi connectivity index (χ1v) is 9.85. The SMILES string of the molecule is C/C=C/CCCCCCCCCCCCC1=NCCN1C(C)O. The Morgan fingerprint density at radius 1 is 1.00 bits per heavy atom. The first-order valence-electron chi connectivity index (χ1n) is 9.85. The molecule has 0 fully saturated rings. The number of amidine groups is 1. The highest BCUT2D eigenvalue weighted by molar-refractivity contribution is 5.83. The van der Waals surface area contributed by atoms with Gasteiger partial charge in [-0.15, -0.1) is 0 Å². The van der Waals surface area contributed by atoms with E-state index in [-0.39, 0.29) is 6.23 Å². The lowest BCUT2D eigenvalue weighted by molar-refractivity contribution is 0.0766. The predicted molar refractivity (Wildman–Crippen MR) is 101 cm³/mol. The zero-order valence-electron chi connectivity index (χ0n) is 15.5. The molecule has 3 nitrogen and oxygen atoms in total. The van der Waals surface area contributed by atoms with Crippen molar-refractivity contribution in [3.63, 3.8) is 0 Å². The smallest absolute Gasteiger partial charge is 0.125 e. The van der Waals surface area contributed by atoms with Gasteiger partial charge in [0.05, 0.1) is 6.54 Å². The summed E-state index contributed by atoms with van der Waals surface area (Å²) >= 11 is 0. The lowest BCUT2D eigenvalue weighted by Gasteiger charge is -2.23. The third-order valence-electron chi connectivity index (χ3n) is 4.67. The van der Waals surface area contributed by atoms with Gasteiger partial charge in [-0.1, -0.05) is 63.5 Å². The Labute approximate surface area is 143 Å². The van der Waals surface area contributed by atoms with Crippen molar-refractivity contribution in [2.24, 2.45) is 4.99 Å². The van der Waals surface area contributed by atoms with Gasteiger partial charge >= 0.3 is 0 Å². The maximum Gasteiger partial charge on any atom is 0.125 e. The van der Waals surface area contributed by atoms with Crippen LogP contribution in [0.5, 0.6) is 0 Å². The fourth-order valence-electron chi connectivity index (χ4n) is 3.26. The summed E-state index contributed by atoms with van der Waals surface area (Å²) in [6.45, 7) is 5.68. The number of aliphatic hydroxyl groups excluding tert-OH is 1. The molecule has 1 N–H and O–H groups in total. The van der Waals surface area contributed by atoms with Crippen molar-refractivity contribution in [2.75, 3.05) is 13.1 Å². The molecule has 1 heterocycles. The summed E-state index contributed by atoms with van der Waals surface area (Å²) in [7, 11) is 0. The van der Waals surface area contributed by atoms with E-state index in [4.69, 9.17) is 0 Å². The average molecular weight is 323 g/mol. The Morgan fingerprint density at radius 3 is 2.13 bits per heavy atom. The molecule has 1 rings (SSSR count). The van der Waals surface area contributed by atoms with Crippen LogP contribution in [-0.2, 0) is 0 Å². The van der Waals surface area contributed by atoms with E-state index in [0.717, 1.165) is 25.3 Å². The zero-order valence-corrected chi connectivity index (χ0v) is 15.5. The van der Waals surface area contributed by atoms with Crippen molar-refractivity contribution >= 4 is 5.84 Å². The van der Waals surface area contributed by atoms with Gasteiger partial charge in [0, 0.05) is 13.0 Å². The van der Waals surface area contributed by atoms with Crippen molar-refractivity contribution in [1.29, 1.82) is 0 Å². The number of hydrogen-bond donors (Lipinski definition) is 1. The lowest BCUT2D eigenvalue weighted by atomic mass is 10.0. The first kappa shape index (κ1) is 20.2. The fraction of sp³-hybridized carbons (Fsp3) is 0.850. The van der Waals surface area contributed by atoms with E-state index in [1.807, 2.05) is 11.8 Å². The minimum absolute atomic E-state index is 0.380. The molecule has 0 aromatic rings. The van der Waals surface area contributed by atoms with E-state index in [1.54, 1.807) is 0 Å². The number of allylic oxidation sites excluding steroid dienone is 2. The van der Waals surface area contributed by atoms with Gasteiger partial charge in [0.15, 0.2) is 0 Å². The van der Waals surface area contributed by atoms with Crippen LogP contribution in [0.3, 0.4) is 0 Å². The summed E-state index contributed by atoms with van der Waals surface area (Å²) in [6, 6.07) is 0. The maximum atomic E-state index is 9.67. The van der Waals surface area contributed by atoms with Crippen LogP contribution >= 0.6 is 0 Å². The molecule has 1 aliphatic rings. The molecule has 23 heavy (non-hydrogen) atoms. The Balaban J connectivity index is 1.83. The van der Waals surface area contributed by atoms with Gasteiger partial charge in [-0.05, 0) is 33.1 Å². The minimum atomic E-state index is -0.380. The molecule has 0 amide bonds. The molecule has 134 valence electrons. The normalized spacial score (nSPS) is 16.3. The topological polar surface area (TPSA) is 35.8 Å². The van der Waals surface area contributed by atoms with E-state index in [1.165, 1.54) is 70.6 Å². The highest BCUT2D eigenvalue weighted by Crippen LogP contribution is 2.15. The number of hydrogen-bond acceptors (Lipinski definition) is 3. The van der Waals surface area contributed by atoms with Gasteiger partial charge in [-0.3, -0.25) is 4.99 Å². The first-order chi connectivity index (χ1) is 11.3. The monoisotopic (exact) mass is 322 g/mol. The summed E-state index contributed by atoms with van der Waals surface area (Å²) in [4.78, 5) is 6.55. The van der Waals surface area contributed by atoms with Crippen molar-refractivity contribution in [3.8, 4) is 0 Å². The van der Waals surface area contributed by atoms with Gasteiger partial charge in [0.2, 0.25) is 0 Å². The summed E-state index contributed by atoms with van der Waals surface area (Å²) < 4.78 is 0. The van der Waals surface area contributed by atoms with Crippen LogP contribution in [0.4, 0.5) is 0 Å². The molecular formula is C20H38N2O. The molecule has 3 heteroatoms. The number of aliphatic imine (C=N–C) groups is 1. The second-order valence-electron chi connectivity index (χ2n) is 6.77. The molecule has 1 aliphatic heterocycles. The molecule has 0 bridgehead atoms. The highest BCUT2D eigenvalue weighted by atomic mass is 16.3. The quantitative estimate of drug-likeness (QED) is 0.348. The van der Waals surface area contributed by atoms with Gasteiger partial charge in [-0.25, -0.2) is 0 Å². The number of rotatable bonds is 14. The lowest BCUT2D eigenvalue weighted by Crippen LogP contribution is -2.35. The Morgan fingerprint density at radius 2 is 1.57 bits per heavy atom. The van der Waals surface area contributed by atoms with Gasteiger partial charge in [0.1, 0.15) is 12.1 Å². The second kappa shape index (κ2) is 13.6. The van der Waals surface area contributed by atoms with Crippen molar-refractivity contribution in [1.82, 2.24) is 4.90 Å². The van der Waals surface area contributed by atoms with Gasteiger partial charge in [0.25, 0.3) is 0 Å². The summed E-state index contributed by atoms with van der Waals surface area (Å²) in [5.74, 6) is 1.12. The molecular weight excluding hydrogens is 284 g/mol. The molecule has 0 aromatic heterocycles. The minimum Gasteiger partial charge on any atom is -0.374 e. The number of nitrogens with zero attached hydrogens (tertiary/aromatic N) is 2. The van der Waals surface area contributed by atoms with E-state index in [9.17, 15) is 5.11 Å². The highest BCUT2D eigenvalue weighted by Gasteiger charge is 2.19. The van der Waals surface area contributed by atoms with Crippen LogP contribution in [0.15, 0.2) is 17.1 Å². The van der Waals surface area contributed by atoms with Crippen molar-refractivity contribution in [2.45, 2.75) is 97.1 Å². The van der Waals surface area contributed by atoms with Crippen molar-refractivity contribution in [3.05, 3.63) is 12.2 Å². The van der Waals surface area contributed by atoms with Crippen LogP contribution in [-0.4, -0.2) is 35.2 Å². The van der Waals surface area contributed by atoms with E-state index in [2.05, 4.69) is 24.1 Å². The molecule has 0 saturated carbocycles. The standard InChI is InChI=1S/C20H38N2O/c1-3-4-5-6-7-8-9-10-11-12-13-14-15-16-20-21-17-18-22(20)19(2)23/h3-4,19,23H,5-18H2,1-2H3/b4-3+. The van der Waals surface area contributed by atoms with E-state index in [0.29, 0.717) is 0 Å². The Kier molecular flexibility index (Phi) is 11.9. The van der Waals surface area contributed by atoms with E-state index >= 15 is 0 Å². The molecule has 0 spiro atoms. The maximum absolute atomic E-state index is 9.67. The molecule has 0 radical (unpaired) electrons. The Bertz CT molecular complexity index is 337. The fourth-order valence-corrected chi connectivity index (χ4v) is 3.26. The number of unbranched alkanes of at least 4 members (excludes halogenated alkanes) is 10. The van der Waals surface area contributed by atoms with Crippen molar-refractivity contribution < 1.29 is 5.11 Å². The second-order valence-corrected chi connectivity index (χ2v) is 6.77. The molecule has 1 atom stereocenters. The summed E-state index contributed by atoms with van der Waals surface area (Å²) in [6.07, 6.45) is 20.0. The zero-order chi connectivity index (χ0) is 16.8. The van der Waals surface area contributed by atoms with Crippen LogP contribution in [0.1, 0.15) is 90.9 Å².